The van der Waals surface area contributed by atoms with Crippen LogP contribution in [0, 0.1) is 0 Å². The van der Waals surface area contributed by atoms with Crippen LogP contribution in [0.25, 0.3) is 0 Å². The van der Waals surface area contributed by atoms with Crippen LogP contribution in [0.3, 0.4) is 0 Å². The van der Waals surface area contributed by atoms with Gasteiger partial charge in [0.15, 0.2) is 18.2 Å². The van der Waals surface area contributed by atoms with Crippen molar-refractivity contribution in [1.29, 1.82) is 0 Å². The maximum atomic E-state index is 14.2. The fourth-order valence-electron chi connectivity index (χ4n) is 2.56. The number of amides is 3. The summed E-state index contributed by atoms with van der Waals surface area (Å²) in [6.45, 7) is 3.73. The van der Waals surface area contributed by atoms with Crippen molar-refractivity contribution in [2.75, 3.05) is 6.61 Å². The van der Waals surface area contributed by atoms with Gasteiger partial charge in [0.1, 0.15) is 12.2 Å². The van der Waals surface area contributed by atoms with E-state index in [2.05, 4.69) is 10.6 Å². The van der Waals surface area contributed by atoms with Crippen molar-refractivity contribution in [2.24, 2.45) is 0 Å². The summed E-state index contributed by atoms with van der Waals surface area (Å²) in [4.78, 5) is 24.5. The number of nitrogens with one attached hydrogen (secondary N) is 2. The molecule has 2 aliphatic heterocycles. The Bertz CT molecular complexity index is 531. The van der Waals surface area contributed by atoms with Gasteiger partial charge in [0, 0.05) is 6.20 Å². The summed E-state index contributed by atoms with van der Waals surface area (Å²) in [5.74, 6) is -0.866. The minimum atomic E-state index is -1.38. The lowest BCUT2D eigenvalue weighted by molar-refractivity contribution is -0.0517. The zero-order valence-electron chi connectivity index (χ0n) is 14.1. The highest BCUT2D eigenvalue weighted by molar-refractivity contribution is 5.79. The topological polar surface area (TPSA) is 120 Å². The summed E-state index contributed by atoms with van der Waals surface area (Å²) in [6, 6.07) is -0.789. The summed E-state index contributed by atoms with van der Waals surface area (Å²) in [6.07, 6.45) is -3.33. The summed E-state index contributed by atoms with van der Waals surface area (Å²) in [7, 11) is 0. The highest BCUT2D eigenvalue weighted by Gasteiger charge is 2.46. The van der Waals surface area contributed by atoms with Gasteiger partial charge >= 0.3 is 12.1 Å². The molecule has 0 spiro atoms. The molecule has 2 rings (SSSR count). The standard InChI is InChI=1S/C15H24FN3O6/c1-3-4-5-6-24-15(23)18-12-9(16)7-19(14(22)17-12)13-11(21)10(20)8(2)25-13/h7-8,10-13,20-21H,3-6H2,1-2H3,(H,17,22)(H,18,23)/t8-,10-,11-,12?,13-/m1/s1. The molecule has 142 valence electrons. The van der Waals surface area contributed by atoms with Crippen LogP contribution in [-0.2, 0) is 9.47 Å². The summed E-state index contributed by atoms with van der Waals surface area (Å²) >= 11 is 0. The summed E-state index contributed by atoms with van der Waals surface area (Å²) < 4.78 is 24.4. The van der Waals surface area contributed by atoms with Crippen LogP contribution >= 0.6 is 0 Å². The zero-order chi connectivity index (χ0) is 18.6. The van der Waals surface area contributed by atoms with E-state index in [9.17, 15) is 24.2 Å². The predicted molar refractivity (Wildman–Crippen MR) is 83.7 cm³/mol. The molecule has 3 amide bonds. The molecule has 1 saturated heterocycles. The predicted octanol–water partition coefficient (Wildman–Crippen LogP) is 0.532. The molecule has 10 heteroatoms. The maximum Gasteiger partial charge on any atom is 0.409 e. The number of halogens is 1. The van der Waals surface area contributed by atoms with Crippen LogP contribution in [0.15, 0.2) is 12.0 Å². The van der Waals surface area contributed by atoms with Gasteiger partial charge in [-0.15, -0.1) is 0 Å². The number of carbonyl (C=O) groups excluding carboxylic acids is 2. The molecule has 25 heavy (non-hydrogen) atoms. The smallest absolute Gasteiger partial charge is 0.409 e. The van der Waals surface area contributed by atoms with Gasteiger partial charge in [-0.1, -0.05) is 19.8 Å². The number of aliphatic hydroxyl groups excluding tert-OH is 2. The molecule has 1 unspecified atom stereocenters. The molecule has 2 aliphatic rings. The lowest BCUT2D eigenvalue weighted by Crippen LogP contribution is -2.58. The Hall–Kier alpha value is -1.91. The number of ether oxygens (including phenoxy) is 2. The molecule has 0 aromatic heterocycles. The highest BCUT2D eigenvalue weighted by Crippen LogP contribution is 2.26. The fourth-order valence-corrected chi connectivity index (χ4v) is 2.56. The van der Waals surface area contributed by atoms with Crippen molar-refractivity contribution in [2.45, 2.75) is 63.8 Å². The number of unbranched alkanes of at least 4 members (excludes halogenated alkanes) is 2. The van der Waals surface area contributed by atoms with E-state index >= 15 is 0 Å². The first-order valence-electron chi connectivity index (χ1n) is 8.26. The average molecular weight is 361 g/mol. The number of nitrogens with zero attached hydrogens (tertiary/aromatic N) is 1. The van der Waals surface area contributed by atoms with Crippen LogP contribution in [-0.4, -0.2) is 64.5 Å². The molecular weight excluding hydrogens is 337 g/mol. The van der Waals surface area contributed by atoms with Crippen molar-refractivity contribution in [3.05, 3.63) is 12.0 Å². The van der Waals surface area contributed by atoms with E-state index < -0.39 is 48.7 Å². The second kappa shape index (κ2) is 8.45. The Morgan fingerprint density at radius 2 is 2.16 bits per heavy atom. The molecule has 5 atom stereocenters. The molecule has 0 aromatic rings. The molecule has 0 aromatic carbocycles. The Morgan fingerprint density at radius 1 is 1.44 bits per heavy atom. The van der Waals surface area contributed by atoms with E-state index in [1.54, 1.807) is 0 Å². The molecule has 1 fully saturated rings. The van der Waals surface area contributed by atoms with Crippen LogP contribution in [0.1, 0.15) is 33.1 Å². The molecule has 0 radical (unpaired) electrons. The maximum absolute atomic E-state index is 14.2. The normalized spacial score (nSPS) is 32.2. The largest absolute Gasteiger partial charge is 0.450 e. The van der Waals surface area contributed by atoms with Crippen molar-refractivity contribution < 1.29 is 33.7 Å². The van der Waals surface area contributed by atoms with E-state index in [1.165, 1.54) is 6.92 Å². The van der Waals surface area contributed by atoms with Gasteiger partial charge in [-0.05, 0) is 13.3 Å². The first-order valence-corrected chi connectivity index (χ1v) is 8.26. The van der Waals surface area contributed by atoms with Gasteiger partial charge in [-0.25, -0.2) is 14.0 Å². The average Bonchev–Trinajstić information content (AvgIpc) is 2.82. The van der Waals surface area contributed by atoms with E-state index in [1.807, 2.05) is 6.92 Å². The fraction of sp³-hybridized carbons (Fsp3) is 0.733. The van der Waals surface area contributed by atoms with Gasteiger partial charge in [0.25, 0.3) is 0 Å². The van der Waals surface area contributed by atoms with E-state index in [4.69, 9.17) is 9.47 Å². The van der Waals surface area contributed by atoms with Crippen LogP contribution in [0.5, 0.6) is 0 Å². The minimum absolute atomic E-state index is 0.204. The van der Waals surface area contributed by atoms with Crippen molar-refractivity contribution in [3.8, 4) is 0 Å². The first-order chi connectivity index (χ1) is 11.8. The van der Waals surface area contributed by atoms with Gasteiger partial charge in [-0.3, -0.25) is 10.2 Å². The number of hydrogen-bond acceptors (Lipinski definition) is 6. The molecular formula is C15H24FN3O6. The molecule has 9 nitrogen and oxygen atoms in total. The Morgan fingerprint density at radius 3 is 2.76 bits per heavy atom. The first kappa shape index (κ1) is 19.4. The lowest BCUT2D eigenvalue weighted by atomic mass is 10.1. The number of rotatable bonds is 6. The third kappa shape index (κ3) is 4.59. The molecule has 0 bridgehead atoms. The van der Waals surface area contributed by atoms with E-state index in [0.717, 1.165) is 23.9 Å². The molecule has 2 heterocycles. The molecule has 0 aliphatic carbocycles. The quantitative estimate of drug-likeness (QED) is 0.512. The Kier molecular flexibility index (Phi) is 6.57. The summed E-state index contributed by atoms with van der Waals surface area (Å²) in [5.41, 5.74) is 0. The highest BCUT2D eigenvalue weighted by atomic mass is 19.1. The second-order valence-corrected chi connectivity index (χ2v) is 6.00. The van der Waals surface area contributed by atoms with Crippen LogP contribution in [0.4, 0.5) is 14.0 Å². The Balaban J connectivity index is 1.93. The zero-order valence-corrected chi connectivity index (χ0v) is 14.1. The number of urea groups is 1. The second-order valence-electron chi connectivity index (χ2n) is 6.00. The SMILES string of the molecule is CCCCCOC(=O)NC1NC(=O)N([C@@H]2O[C@H](C)[C@@H](O)[C@H]2O)C=C1F. The molecule has 4 N–H and O–H groups in total. The van der Waals surface area contributed by atoms with E-state index in [-0.39, 0.29) is 6.61 Å². The van der Waals surface area contributed by atoms with Gasteiger partial charge in [0.2, 0.25) is 0 Å². The third-order valence-electron chi connectivity index (χ3n) is 4.04. The van der Waals surface area contributed by atoms with Crippen molar-refractivity contribution in [3.63, 3.8) is 0 Å². The number of hydrogen-bond donors (Lipinski definition) is 4. The summed E-state index contributed by atoms with van der Waals surface area (Å²) in [5, 5.41) is 24.0. The number of carbonyl (C=O) groups is 2. The third-order valence-corrected chi connectivity index (χ3v) is 4.04. The number of alkyl carbamates (subject to hydrolysis) is 1. The lowest BCUT2D eigenvalue weighted by Gasteiger charge is -2.33. The van der Waals surface area contributed by atoms with Gasteiger partial charge in [0.05, 0.1) is 12.7 Å². The van der Waals surface area contributed by atoms with Crippen molar-refractivity contribution >= 4 is 12.1 Å². The van der Waals surface area contributed by atoms with Crippen LogP contribution in [0.2, 0.25) is 0 Å². The van der Waals surface area contributed by atoms with Crippen molar-refractivity contribution in [1.82, 2.24) is 15.5 Å². The van der Waals surface area contributed by atoms with Crippen LogP contribution < -0.4 is 10.6 Å². The van der Waals surface area contributed by atoms with Gasteiger partial charge in [-0.2, -0.15) is 0 Å². The number of aliphatic hydroxyl groups is 2. The Labute approximate surface area is 144 Å². The minimum Gasteiger partial charge on any atom is -0.450 e. The van der Waals surface area contributed by atoms with Gasteiger partial charge < -0.3 is 25.0 Å². The molecule has 0 saturated carbocycles. The van der Waals surface area contributed by atoms with E-state index in [0.29, 0.717) is 6.42 Å². The monoisotopic (exact) mass is 361 g/mol.